The second-order valence-electron chi connectivity index (χ2n) is 2.96. The normalized spacial score (nSPS) is 10.8. The molecule has 0 aliphatic carbocycles. The van der Waals surface area contributed by atoms with Gasteiger partial charge in [0.25, 0.3) is 0 Å². The topological polar surface area (TPSA) is 53.8 Å². The summed E-state index contributed by atoms with van der Waals surface area (Å²) in [7, 11) is 0. The number of hydrogen-bond donors (Lipinski definition) is 0. The Kier molecular flexibility index (Phi) is 6.28. The molecular formula is C12H16N2OS. The fourth-order valence-electron chi connectivity index (χ4n) is 1.06. The number of carbonyl (C=O) groups is 1. The van der Waals surface area contributed by atoms with Crippen molar-refractivity contribution in [3.63, 3.8) is 0 Å². The quantitative estimate of drug-likeness (QED) is 0.584. The van der Waals surface area contributed by atoms with Gasteiger partial charge in [-0.25, -0.2) is 4.98 Å². The Morgan fingerprint density at radius 3 is 2.31 bits per heavy atom. The van der Waals surface area contributed by atoms with E-state index in [4.69, 9.17) is 5.26 Å². The fourth-order valence-corrected chi connectivity index (χ4v) is 1.87. The third-order valence-electron chi connectivity index (χ3n) is 1.78. The maximum absolute atomic E-state index is 11.1. The van der Waals surface area contributed by atoms with Gasteiger partial charge in [-0.3, -0.25) is 4.79 Å². The van der Waals surface area contributed by atoms with Gasteiger partial charge in [-0.2, -0.15) is 5.26 Å². The lowest BCUT2D eigenvalue weighted by Crippen LogP contribution is -1.97. The number of thiazole rings is 1. The van der Waals surface area contributed by atoms with E-state index in [2.05, 4.69) is 4.98 Å². The van der Waals surface area contributed by atoms with Gasteiger partial charge in [0.05, 0.1) is 0 Å². The van der Waals surface area contributed by atoms with Crippen LogP contribution in [-0.2, 0) is 4.79 Å². The third kappa shape index (κ3) is 3.59. The molecule has 0 aliphatic heterocycles. The van der Waals surface area contributed by atoms with Crippen molar-refractivity contribution < 1.29 is 4.79 Å². The molecule has 0 bridgehead atoms. The Balaban J connectivity index is 0.00000106. The summed E-state index contributed by atoms with van der Waals surface area (Å²) in [5.41, 5.74) is 1.77. The van der Waals surface area contributed by atoms with Crippen LogP contribution in [0, 0.1) is 18.3 Å². The molecule has 0 fully saturated rings. The fraction of sp³-hybridized carbons (Fsp3) is 0.417. The zero-order valence-electron chi connectivity index (χ0n) is 10.3. The van der Waals surface area contributed by atoms with E-state index in [1.807, 2.05) is 32.2 Å². The van der Waals surface area contributed by atoms with Crippen molar-refractivity contribution in [2.75, 3.05) is 0 Å². The van der Waals surface area contributed by atoms with Gasteiger partial charge >= 0.3 is 0 Å². The van der Waals surface area contributed by atoms with Crippen molar-refractivity contribution >= 4 is 22.7 Å². The molecule has 86 valence electrons. The van der Waals surface area contributed by atoms with Gasteiger partial charge in [-0.1, -0.05) is 13.8 Å². The highest BCUT2D eigenvalue weighted by Crippen LogP contribution is 2.22. The maximum atomic E-state index is 11.1. The number of nitrogens with zero attached hydrogens (tertiary/aromatic N) is 2. The maximum Gasteiger partial charge on any atom is 0.170 e. The standard InChI is InChI=1S/C10H10N2OS.C2H6/c1-6-5-14-10(12-6)7(2)9(4-11)8(3)13;1-2/h5H,1-3H3;1-2H3/b9-7-;. The zero-order chi connectivity index (χ0) is 12.7. The molecule has 0 unspecified atom stereocenters. The summed E-state index contributed by atoms with van der Waals surface area (Å²) in [5.74, 6) is -0.210. The number of ketones is 1. The average molecular weight is 236 g/mol. The molecule has 1 heterocycles. The lowest BCUT2D eigenvalue weighted by atomic mass is 10.1. The molecule has 0 aliphatic rings. The molecule has 0 saturated carbocycles. The third-order valence-corrected chi connectivity index (χ3v) is 2.86. The number of aryl methyl sites for hydroxylation is 1. The van der Waals surface area contributed by atoms with Crippen LogP contribution in [0.15, 0.2) is 11.0 Å². The van der Waals surface area contributed by atoms with Crippen molar-refractivity contribution in [2.45, 2.75) is 34.6 Å². The van der Waals surface area contributed by atoms with Crippen LogP contribution in [-0.4, -0.2) is 10.8 Å². The Morgan fingerprint density at radius 2 is 2.00 bits per heavy atom. The number of aromatic nitrogens is 1. The highest BCUT2D eigenvalue weighted by atomic mass is 32.1. The summed E-state index contributed by atoms with van der Waals surface area (Å²) < 4.78 is 0. The Bertz CT molecular complexity index is 438. The van der Waals surface area contributed by atoms with Crippen LogP contribution in [0.4, 0.5) is 0 Å². The molecule has 0 aromatic carbocycles. The van der Waals surface area contributed by atoms with Gasteiger partial charge in [-0.05, 0) is 20.8 Å². The van der Waals surface area contributed by atoms with Crippen molar-refractivity contribution in [1.82, 2.24) is 4.98 Å². The average Bonchev–Trinajstić information content (AvgIpc) is 2.68. The van der Waals surface area contributed by atoms with E-state index >= 15 is 0 Å². The highest BCUT2D eigenvalue weighted by molar-refractivity contribution is 7.10. The van der Waals surface area contributed by atoms with Crippen molar-refractivity contribution in [2.24, 2.45) is 0 Å². The van der Waals surface area contributed by atoms with Gasteiger partial charge in [0, 0.05) is 16.6 Å². The Morgan fingerprint density at radius 1 is 1.44 bits per heavy atom. The number of allylic oxidation sites excluding steroid dienone is 2. The first-order valence-electron chi connectivity index (χ1n) is 5.10. The Labute approximate surface area is 100 Å². The summed E-state index contributed by atoms with van der Waals surface area (Å²) in [6, 6.07) is 1.91. The first kappa shape index (κ1) is 14.5. The van der Waals surface area contributed by atoms with Gasteiger partial charge in [-0.15, -0.1) is 11.3 Å². The minimum atomic E-state index is -0.210. The van der Waals surface area contributed by atoms with Crippen LogP contribution in [0.2, 0.25) is 0 Å². The minimum absolute atomic E-state index is 0.194. The SMILES string of the molecule is CC.CC(=O)/C(C#N)=C(/C)c1nc(C)cs1. The summed E-state index contributed by atoms with van der Waals surface area (Å²) in [4.78, 5) is 15.3. The van der Waals surface area contributed by atoms with Gasteiger partial charge in [0.15, 0.2) is 5.78 Å². The van der Waals surface area contributed by atoms with E-state index in [9.17, 15) is 4.79 Å². The van der Waals surface area contributed by atoms with Crippen LogP contribution in [0.25, 0.3) is 5.57 Å². The molecular weight excluding hydrogens is 220 g/mol. The number of Topliss-reactive ketones (excluding diaryl/α,β-unsaturated/α-hetero) is 1. The van der Waals surface area contributed by atoms with E-state index in [0.29, 0.717) is 5.57 Å². The second kappa shape index (κ2) is 6.91. The van der Waals surface area contributed by atoms with Crippen molar-refractivity contribution in [3.8, 4) is 6.07 Å². The lowest BCUT2D eigenvalue weighted by molar-refractivity contribution is -0.113. The molecule has 16 heavy (non-hydrogen) atoms. The first-order chi connectivity index (χ1) is 7.56. The molecule has 4 heteroatoms. The number of carbonyl (C=O) groups excluding carboxylic acids is 1. The van der Waals surface area contributed by atoms with Crippen molar-refractivity contribution in [3.05, 3.63) is 21.7 Å². The summed E-state index contributed by atoms with van der Waals surface area (Å²) in [5, 5.41) is 11.4. The van der Waals surface area contributed by atoms with Crippen LogP contribution >= 0.6 is 11.3 Å². The summed E-state index contributed by atoms with van der Waals surface area (Å²) in [6.45, 7) is 9.02. The van der Waals surface area contributed by atoms with Crippen LogP contribution in [0.5, 0.6) is 0 Å². The molecule has 1 aromatic heterocycles. The second-order valence-corrected chi connectivity index (χ2v) is 3.82. The predicted octanol–water partition coefficient (Wildman–Crippen LogP) is 3.36. The van der Waals surface area contributed by atoms with Crippen LogP contribution in [0.1, 0.15) is 38.4 Å². The molecule has 3 nitrogen and oxygen atoms in total. The molecule has 1 aromatic rings. The number of hydrogen-bond acceptors (Lipinski definition) is 4. The van der Waals surface area contributed by atoms with Crippen molar-refractivity contribution in [1.29, 1.82) is 5.26 Å². The van der Waals surface area contributed by atoms with Gasteiger partial charge < -0.3 is 0 Å². The number of nitriles is 1. The molecule has 0 atom stereocenters. The van der Waals surface area contributed by atoms with E-state index in [1.165, 1.54) is 18.3 Å². The molecule has 0 amide bonds. The van der Waals surface area contributed by atoms with Gasteiger partial charge in [0.1, 0.15) is 16.6 Å². The lowest BCUT2D eigenvalue weighted by Gasteiger charge is -1.97. The van der Waals surface area contributed by atoms with E-state index in [1.54, 1.807) is 6.92 Å². The molecule has 0 saturated heterocycles. The minimum Gasteiger partial charge on any atom is -0.294 e. The van der Waals surface area contributed by atoms with E-state index < -0.39 is 0 Å². The van der Waals surface area contributed by atoms with E-state index in [0.717, 1.165) is 10.7 Å². The number of rotatable bonds is 2. The smallest absolute Gasteiger partial charge is 0.170 e. The van der Waals surface area contributed by atoms with Crippen LogP contribution in [0.3, 0.4) is 0 Å². The molecule has 0 spiro atoms. The molecule has 0 radical (unpaired) electrons. The monoisotopic (exact) mass is 236 g/mol. The molecule has 0 N–H and O–H groups in total. The zero-order valence-corrected chi connectivity index (χ0v) is 11.1. The highest BCUT2D eigenvalue weighted by Gasteiger charge is 2.11. The predicted molar refractivity (Wildman–Crippen MR) is 67.1 cm³/mol. The summed E-state index contributed by atoms with van der Waals surface area (Å²) >= 11 is 1.45. The molecule has 1 rings (SSSR count). The van der Waals surface area contributed by atoms with E-state index in [-0.39, 0.29) is 11.4 Å². The largest absolute Gasteiger partial charge is 0.294 e. The summed E-state index contributed by atoms with van der Waals surface area (Å²) in [6.07, 6.45) is 0. The Hall–Kier alpha value is -1.47. The first-order valence-corrected chi connectivity index (χ1v) is 5.98. The van der Waals surface area contributed by atoms with Gasteiger partial charge in [0.2, 0.25) is 0 Å². The van der Waals surface area contributed by atoms with Crippen LogP contribution < -0.4 is 0 Å².